The summed E-state index contributed by atoms with van der Waals surface area (Å²) >= 11 is 1.23. The molecule has 3 aromatic rings. The maximum atomic E-state index is 12.3. The summed E-state index contributed by atoms with van der Waals surface area (Å²) in [7, 11) is 1.80. The summed E-state index contributed by atoms with van der Waals surface area (Å²) in [5.74, 6) is 0.319. The zero-order valence-electron chi connectivity index (χ0n) is 8.99. The minimum absolute atomic E-state index is 0.103. The van der Waals surface area contributed by atoms with Crippen molar-refractivity contribution >= 4 is 27.5 Å². The molecule has 0 N–H and O–H groups in total. The topological polar surface area (TPSA) is 60.7 Å². The van der Waals surface area contributed by atoms with Crippen molar-refractivity contribution in [3.63, 3.8) is 0 Å². The molecule has 0 amide bonds. The summed E-state index contributed by atoms with van der Waals surface area (Å²) in [5.41, 5.74) is 1.35. The highest BCUT2D eigenvalue weighted by Crippen LogP contribution is 2.22. The standard InChI is InChI=1S/C11H8N4OS/c1-15-6-5-12-11(15)9(16)7-3-2-4-8-10(7)17-14-13-8/h2-6H,1H3. The molecule has 0 aliphatic heterocycles. The molecular weight excluding hydrogens is 236 g/mol. The minimum atomic E-state index is -0.103. The van der Waals surface area contributed by atoms with Crippen molar-refractivity contribution < 1.29 is 4.79 Å². The van der Waals surface area contributed by atoms with Crippen LogP contribution in [0.2, 0.25) is 0 Å². The maximum absolute atomic E-state index is 12.3. The number of fused-ring (bicyclic) bond motifs is 1. The van der Waals surface area contributed by atoms with E-state index in [-0.39, 0.29) is 5.78 Å². The monoisotopic (exact) mass is 244 g/mol. The van der Waals surface area contributed by atoms with Crippen molar-refractivity contribution in [3.05, 3.63) is 42.0 Å². The molecule has 5 nitrogen and oxygen atoms in total. The molecule has 17 heavy (non-hydrogen) atoms. The fraction of sp³-hybridized carbons (Fsp3) is 0.0909. The largest absolute Gasteiger partial charge is 0.331 e. The predicted octanol–water partition coefficient (Wildman–Crippen LogP) is 1.66. The van der Waals surface area contributed by atoms with Crippen LogP contribution in [-0.2, 0) is 7.05 Å². The number of nitrogens with zero attached hydrogens (tertiary/aromatic N) is 4. The number of carbonyl (C=O) groups excluding carboxylic acids is 1. The Morgan fingerprint density at radius 1 is 1.41 bits per heavy atom. The molecule has 2 heterocycles. The number of hydrogen-bond acceptors (Lipinski definition) is 5. The third-order valence-corrected chi connectivity index (χ3v) is 3.32. The molecule has 6 heteroatoms. The van der Waals surface area contributed by atoms with E-state index in [0.717, 1.165) is 10.2 Å². The molecule has 0 saturated carbocycles. The van der Waals surface area contributed by atoms with Gasteiger partial charge in [0, 0.05) is 25.0 Å². The highest BCUT2D eigenvalue weighted by atomic mass is 32.1. The van der Waals surface area contributed by atoms with Crippen LogP contribution in [0.4, 0.5) is 0 Å². The van der Waals surface area contributed by atoms with E-state index < -0.39 is 0 Å². The Bertz CT molecular complexity index is 700. The average molecular weight is 244 g/mol. The van der Waals surface area contributed by atoms with E-state index in [2.05, 4.69) is 14.6 Å². The molecule has 3 rings (SSSR count). The molecule has 0 fully saturated rings. The lowest BCUT2D eigenvalue weighted by Crippen LogP contribution is -2.08. The molecule has 0 bridgehead atoms. The van der Waals surface area contributed by atoms with Crippen LogP contribution in [0.15, 0.2) is 30.6 Å². The van der Waals surface area contributed by atoms with Crippen molar-refractivity contribution in [2.24, 2.45) is 7.05 Å². The molecular formula is C11H8N4OS. The second kappa shape index (κ2) is 3.74. The lowest BCUT2D eigenvalue weighted by Gasteiger charge is -2.01. The molecule has 2 aromatic heterocycles. The molecule has 0 radical (unpaired) electrons. The molecule has 0 spiro atoms. The fourth-order valence-corrected chi connectivity index (χ4v) is 2.36. The highest BCUT2D eigenvalue weighted by molar-refractivity contribution is 7.13. The van der Waals surface area contributed by atoms with Gasteiger partial charge in [-0.2, -0.15) is 0 Å². The van der Waals surface area contributed by atoms with E-state index in [4.69, 9.17) is 0 Å². The summed E-state index contributed by atoms with van der Waals surface area (Å²) in [5, 5.41) is 3.95. The summed E-state index contributed by atoms with van der Waals surface area (Å²) < 4.78 is 6.37. The Balaban J connectivity index is 2.19. The third-order valence-electron chi connectivity index (χ3n) is 2.54. The van der Waals surface area contributed by atoms with Gasteiger partial charge in [-0.3, -0.25) is 4.79 Å². The number of carbonyl (C=O) groups is 1. The maximum Gasteiger partial charge on any atom is 0.229 e. The summed E-state index contributed by atoms with van der Waals surface area (Å²) in [6, 6.07) is 5.42. The van der Waals surface area contributed by atoms with Gasteiger partial charge in [0.25, 0.3) is 0 Å². The number of rotatable bonds is 2. The number of benzene rings is 1. The van der Waals surface area contributed by atoms with E-state index in [1.165, 1.54) is 11.5 Å². The third kappa shape index (κ3) is 1.53. The van der Waals surface area contributed by atoms with Crippen molar-refractivity contribution in [2.45, 2.75) is 0 Å². The van der Waals surface area contributed by atoms with Crippen LogP contribution >= 0.6 is 11.5 Å². The van der Waals surface area contributed by atoms with Crippen molar-refractivity contribution in [3.8, 4) is 0 Å². The number of imidazole rings is 1. The van der Waals surface area contributed by atoms with Gasteiger partial charge in [-0.1, -0.05) is 10.6 Å². The number of aryl methyl sites for hydroxylation is 1. The molecule has 84 valence electrons. The molecule has 0 saturated heterocycles. The van der Waals surface area contributed by atoms with Gasteiger partial charge in [0.2, 0.25) is 5.78 Å². The first-order chi connectivity index (χ1) is 8.27. The lowest BCUT2D eigenvalue weighted by atomic mass is 10.1. The fourth-order valence-electron chi connectivity index (χ4n) is 1.69. The first kappa shape index (κ1) is 10.1. The van der Waals surface area contributed by atoms with Gasteiger partial charge in [-0.25, -0.2) is 4.98 Å². The Hall–Kier alpha value is -2.08. The van der Waals surface area contributed by atoms with Gasteiger partial charge in [0.05, 0.1) is 4.70 Å². The van der Waals surface area contributed by atoms with E-state index >= 15 is 0 Å². The van der Waals surface area contributed by atoms with E-state index in [1.54, 1.807) is 36.1 Å². The Kier molecular flexibility index (Phi) is 2.22. The Morgan fingerprint density at radius 2 is 2.29 bits per heavy atom. The smallest absolute Gasteiger partial charge is 0.229 e. The van der Waals surface area contributed by atoms with Crippen molar-refractivity contribution in [1.29, 1.82) is 0 Å². The molecule has 0 aliphatic rings. The quantitative estimate of drug-likeness (QED) is 0.643. The van der Waals surface area contributed by atoms with Crippen LogP contribution in [0, 0.1) is 0 Å². The van der Waals surface area contributed by atoms with E-state index in [0.29, 0.717) is 11.4 Å². The first-order valence-electron chi connectivity index (χ1n) is 5.00. The Morgan fingerprint density at radius 3 is 3.06 bits per heavy atom. The SMILES string of the molecule is Cn1ccnc1C(=O)c1cccc2nnsc12. The van der Waals surface area contributed by atoms with Gasteiger partial charge >= 0.3 is 0 Å². The van der Waals surface area contributed by atoms with Crippen LogP contribution in [-0.4, -0.2) is 24.9 Å². The zero-order valence-corrected chi connectivity index (χ0v) is 9.81. The van der Waals surface area contributed by atoms with Gasteiger partial charge in [0.15, 0.2) is 5.82 Å². The predicted molar refractivity (Wildman–Crippen MR) is 64.1 cm³/mol. The van der Waals surface area contributed by atoms with Crippen molar-refractivity contribution in [2.75, 3.05) is 0 Å². The molecule has 0 aliphatic carbocycles. The van der Waals surface area contributed by atoms with Crippen LogP contribution in [0.3, 0.4) is 0 Å². The van der Waals surface area contributed by atoms with Crippen LogP contribution in [0.1, 0.15) is 16.2 Å². The molecule has 0 atom stereocenters. The summed E-state index contributed by atoms with van der Waals surface area (Å²) in [4.78, 5) is 16.4. The molecule has 1 aromatic carbocycles. The molecule has 0 unspecified atom stereocenters. The van der Waals surface area contributed by atoms with Crippen LogP contribution in [0.5, 0.6) is 0 Å². The highest BCUT2D eigenvalue weighted by Gasteiger charge is 2.17. The van der Waals surface area contributed by atoms with Crippen LogP contribution in [0.25, 0.3) is 10.2 Å². The van der Waals surface area contributed by atoms with Gasteiger partial charge in [-0.15, -0.1) is 5.10 Å². The van der Waals surface area contributed by atoms with Gasteiger partial charge in [-0.05, 0) is 23.7 Å². The van der Waals surface area contributed by atoms with Crippen molar-refractivity contribution in [1.82, 2.24) is 19.1 Å². The van der Waals surface area contributed by atoms with E-state index in [9.17, 15) is 4.79 Å². The number of hydrogen-bond donors (Lipinski definition) is 0. The summed E-state index contributed by atoms with van der Waals surface area (Å²) in [6.45, 7) is 0. The second-order valence-electron chi connectivity index (χ2n) is 3.62. The second-order valence-corrected chi connectivity index (χ2v) is 4.37. The first-order valence-corrected chi connectivity index (χ1v) is 5.78. The zero-order chi connectivity index (χ0) is 11.8. The van der Waals surface area contributed by atoms with E-state index in [1.807, 2.05) is 6.07 Å². The average Bonchev–Trinajstić information content (AvgIpc) is 2.95. The normalized spacial score (nSPS) is 10.9. The van der Waals surface area contributed by atoms with Gasteiger partial charge < -0.3 is 4.57 Å². The number of ketones is 1. The van der Waals surface area contributed by atoms with Crippen LogP contribution < -0.4 is 0 Å². The lowest BCUT2D eigenvalue weighted by molar-refractivity contribution is 0.102. The Labute approximate surface area is 101 Å². The summed E-state index contributed by atoms with van der Waals surface area (Å²) in [6.07, 6.45) is 3.36. The van der Waals surface area contributed by atoms with Gasteiger partial charge in [0.1, 0.15) is 5.52 Å². The number of aromatic nitrogens is 4. The minimum Gasteiger partial charge on any atom is -0.331 e.